The van der Waals surface area contributed by atoms with Crippen LogP contribution < -0.4 is 5.32 Å². The van der Waals surface area contributed by atoms with Crippen LogP contribution in [0.5, 0.6) is 5.75 Å². The maximum atomic E-state index is 9.88. The first kappa shape index (κ1) is 14.3. The molecule has 1 aliphatic rings. The highest BCUT2D eigenvalue weighted by Gasteiger charge is 2.17. The molecular weight excluding hydrogens is 238 g/mol. The molecule has 2 rings (SSSR count). The molecule has 1 aliphatic heterocycles. The van der Waals surface area contributed by atoms with Crippen molar-refractivity contribution in [1.29, 1.82) is 0 Å². The molecule has 1 aromatic rings. The van der Waals surface area contributed by atoms with Gasteiger partial charge in [-0.1, -0.05) is 13.3 Å². The first-order chi connectivity index (χ1) is 9.19. The minimum Gasteiger partial charge on any atom is -0.506 e. The zero-order valence-electron chi connectivity index (χ0n) is 12.0. The SMILES string of the molecule is CCN(Cc1nc(C)ccc1O)CC1CCCCN1. The number of aromatic hydroxyl groups is 1. The molecule has 0 amide bonds. The zero-order valence-corrected chi connectivity index (χ0v) is 12.0. The molecule has 1 aromatic heterocycles. The summed E-state index contributed by atoms with van der Waals surface area (Å²) in [6.07, 6.45) is 3.87. The van der Waals surface area contributed by atoms with E-state index >= 15 is 0 Å². The van der Waals surface area contributed by atoms with Gasteiger partial charge in [0, 0.05) is 24.8 Å². The highest BCUT2D eigenvalue weighted by molar-refractivity contribution is 5.27. The highest BCUT2D eigenvalue weighted by atomic mass is 16.3. The summed E-state index contributed by atoms with van der Waals surface area (Å²) in [6, 6.07) is 4.17. The average Bonchev–Trinajstić information content (AvgIpc) is 2.43. The van der Waals surface area contributed by atoms with Crippen LogP contribution in [0.4, 0.5) is 0 Å². The number of aryl methyl sites for hydroxylation is 1. The molecule has 0 aliphatic carbocycles. The molecule has 2 N–H and O–H groups in total. The number of nitrogens with one attached hydrogen (secondary N) is 1. The maximum absolute atomic E-state index is 9.88. The second kappa shape index (κ2) is 6.87. The summed E-state index contributed by atoms with van der Waals surface area (Å²) in [6.45, 7) is 7.99. The second-order valence-electron chi connectivity index (χ2n) is 5.39. The van der Waals surface area contributed by atoms with Gasteiger partial charge in [-0.2, -0.15) is 0 Å². The predicted octanol–water partition coefficient (Wildman–Crippen LogP) is 2.06. The van der Waals surface area contributed by atoms with Gasteiger partial charge >= 0.3 is 0 Å². The number of piperidine rings is 1. The molecule has 0 radical (unpaired) electrons. The van der Waals surface area contributed by atoms with Crippen LogP contribution in [0, 0.1) is 6.92 Å². The standard InChI is InChI=1S/C15H25N3O/c1-3-18(10-13-6-4-5-9-16-13)11-14-15(19)8-7-12(2)17-14/h7-8,13,16,19H,3-6,9-11H2,1-2H3. The summed E-state index contributed by atoms with van der Waals surface area (Å²) in [7, 11) is 0. The Labute approximate surface area is 115 Å². The monoisotopic (exact) mass is 263 g/mol. The van der Waals surface area contributed by atoms with E-state index in [0.29, 0.717) is 11.8 Å². The van der Waals surface area contributed by atoms with Crippen molar-refractivity contribution in [2.75, 3.05) is 19.6 Å². The minimum absolute atomic E-state index is 0.306. The van der Waals surface area contributed by atoms with Gasteiger partial charge in [-0.3, -0.25) is 9.88 Å². The summed E-state index contributed by atoms with van der Waals surface area (Å²) in [5.41, 5.74) is 1.75. The molecule has 0 aromatic carbocycles. The Kier molecular flexibility index (Phi) is 5.16. The van der Waals surface area contributed by atoms with Crippen LogP contribution in [0.1, 0.15) is 37.6 Å². The third-order valence-electron chi connectivity index (χ3n) is 3.80. The van der Waals surface area contributed by atoms with Crippen molar-refractivity contribution in [2.24, 2.45) is 0 Å². The Balaban J connectivity index is 1.95. The number of hydrogen-bond acceptors (Lipinski definition) is 4. The van der Waals surface area contributed by atoms with Gasteiger partial charge in [0.25, 0.3) is 0 Å². The van der Waals surface area contributed by atoms with Gasteiger partial charge in [0.05, 0.1) is 5.69 Å². The normalized spacial score (nSPS) is 19.8. The minimum atomic E-state index is 0.306. The van der Waals surface area contributed by atoms with Crippen molar-refractivity contribution in [2.45, 2.75) is 45.7 Å². The Morgan fingerprint density at radius 1 is 1.42 bits per heavy atom. The third kappa shape index (κ3) is 4.18. The Bertz CT molecular complexity index is 402. The number of pyridine rings is 1. The average molecular weight is 263 g/mol. The van der Waals surface area contributed by atoms with E-state index < -0.39 is 0 Å². The molecule has 1 unspecified atom stereocenters. The summed E-state index contributed by atoms with van der Waals surface area (Å²) >= 11 is 0. The van der Waals surface area contributed by atoms with Gasteiger partial charge in [0.2, 0.25) is 0 Å². The van der Waals surface area contributed by atoms with Crippen molar-refractivity contribution in [1.82, 2.24) is 15.2 Å². The number of aromatic nitrogens is 1. The quantitative estimate of drug-likeness (QED) is 0.853. The predicted molar refractivity (Wildman–Crippen MR) is 77.2 cm³/mol. The van der Waals surface area contributed by atoms with E-state index in [1.807, 2.05) is 13.0 Å². The number of hydrogen-bond donors (Lipinski definition) is 2. The Morgan fingerprint density at radius 3 is 2.95 bits per heavy atom. The first-order valence-electron chi connectivity index (χ1n) is 7.30. The summed E-state index contributed by atoms with van der Waals surface area (Å²) in [4.78, 5) is 6.79. The van der Waals surface area contributed by atoms with E-state index in [1.165, 1.54) is 19.3 Å². The van der Waals surface area contributed by atoms with Gasteiger partial charge in [0.1, 0.15) is 5.75 Å². The second-order valence-corrected chi connectivity index (χ2v) is 5.39. The van der Waals surface area contributed by atoms with Crippen LogP contribution in [0.15, 0.2) is 12.1 Å². The van der Waals surface area contributed by atoms with Gasteiger partial charge in [-0.15, -0.1) is 0 Å². The summed E-state index contributed by atoms with van der Waals surface area (Å²) in [5.74, 6) is 0.306. The molecule has 4 heteroatoms. The van der Waals surface area contributed by atoms with E-state index in [9.17, 15) is 5.11 Å². The fourth-order valence-corrected chi connectivity index (χ4v) is 2.63. The fraction of sp³-hybridized carbons (Fsp3) is 0.667. The van der Waals surface area contributed by atoms with Crippen LogP contribution in [0.3, 0.4) is 0 Å². The molecule has 0 saturated carbocycles. The molecule has 19 heavy (non-hydrogen) atoms. The lowest BCUT2D eigenvalue weighted by atomic mass is 10.0. The topological polar surface area (TPSA) is 48.4 Å². The van der Waals surface area contributed by atoms with E-state index in [-0.39, 0.29) is 0 Å². The van der Waals surface area contributed by atoms with Crippen molar-refractivity contribution in [3.8, 4) is 5.75 Å². The van der Waals surface area contributed by atoms with Crippen LogP contribution in [0.25, 0.3) is 0 Å². The lowest BCUT2D eigenvalue weighted by Gasteiger charge is -2.29. The fourth-order valence-electron chi connectivity index (χ4n) is 2.63. The molecule has 2 heterocycles. The van der Waals surface area contributed by atoms with Crippen LogP contribution in [0.2, 0.25) is 0 Å². The van der Waals surface area contributed by atoms with Gasteiger partial charge in [0.15, 0.2) is 0 Å². The van der Waals surface area contributed by atoms with Crippen molar-refractivity contribution in [3.63, 3.8) is 0 Å². The Morgan fingerprint density at radius 2 is 2.26 bits per heavy atom. The van der Waals surface area contributed by atoms with Crippen molar-refractivity contribution < 1.29 is 5.11 Å². The molecular formula is C15H25N3O. The van der Waals surface area contributed by atoms with Gasteiger partial charge in [-0.05, 0) is 45.0 Å². The third-order valence-corrected chi connectivity index (χ3v) is 3.80. The largest absolute Gasteiger partial charge is 0.506 e. The highest BCUT2D eigenvalue weighted by Crippen LogP contribution is 2.17. The lowest BCUT2D eigenvalue weighted by Crippen LogP contribution is -2.43. The van der Waals surface area contributed by atoms with Gasteiger partial charge in [-0.25, -0.2) is 0 Å². The van der Waals surface area contributed by atoms with Crippen LogP contribution >= 0.6 is 0 Å². The molecule has 0 spiro atoms. The van der Waals surface area contributed by atoms with Crippen LogP contribution in [-0.4, -0.2) is 40.7 Å². The molecule has 4 nitrogen and oxygen atoms in total. The zero-order chi connectivity index (χ0) is 13.7. The Hall–Kier alpha value is -1.13. The van der Waals surface area contributed by atoms with Crippen molar-refractivity contribution >= 4 is 0 Å². The summed E-state index contributed by atoms with van der Waals surface area (Å²) in [5, 5.41) is 13.5. The van der Waals surface area contributed by atoms with E-state index in [1.54, 1.807) is 6.07 Å². The number of rotatable bonds is 5. The summed E-state index contributed by atoms with van der Waals surface area (Å²) < 4.78 is 0. The smallest absolute Gasteiger partial charge is 0.138 e. The molecule has 1 fully saturated rings. The van der Waals surface area contributed by atoms with E-state index in [4.69, 9.17) is 0 Å². The first-order valence-corrected chi connectivity index (χ1v) is 7.30. The molecule has 106 valence electrons. The van der Waals surface area contributed by atoms with Gasteiger partial charge < -0.3 is 10.4 Å². The van der Waals surface area contributed by atoms with Crippen LogP contribution in [-0.2, 0) is 6.54 Å². The molecule has 0 bridgehead atoms. The molecule has 1 atom stereocenters. The van der Waals surface area contributed by atoms with E-state index in [2.05, 4.69) is 22.1 Å². The lowest BCUT2D eigenvalue weighted by molar-refractivity contribution is 0.222. The molecule has 1 saturated heterocycles. The maximum Gasteiger partial charge on any atom is 0.138 e. The van der Waals surface area contributed by atoms with Crippen molar-refractivity contribution in [3.05, 3.63) is 23.5 Å². The number of likely N-dealkylation sites (N-methyl/N-ethyl adjacent to an activating group) is 1. The van der Waals surface area contributed by atoms with E-state index in [0.717, 1.165) is 37.6 Å². The number of nitrogens with zero attached hydrogens (tertiary/aromatic N) is 2.